The second-order valence-corrected chi connectivity index (χ2v) is 9.47. The summed E-state index contributed by atoms with van der Waals surface area (Å²) in [5.74, 6) is 0.481. The van der Waals surface area contributed by atoms with Crippen LogP contribution in [0.4, 0.5) is 0 Å². The molecule has 144 valence electrons. The Kier molecular flexibility index (Phi) is 5.67. The predicted octanol–water partition coefficient (Wildman–Crippen LogP) is 3.56. The van der Waals surface area contributed by atoms with Crippen LogP contribution in [0.2, 0.25) is 0 Å². The topological polar surface area (TPSA) is 70.2 Å². The third-order valence-electron chi connectivity index (χ3n) is 5.14. The molecule has 0 unspecified atom stereocenters. The van der Waals surface area contributed by atoms with Crippen molar-refractivity contribution in [1.29, 1.82) is 0 Å². The van der Waals surface area contributed by atoms with E-state index in [4.69, 9.17) is 0 Å². The average molecular weight is 387 g/mol. The first-order valence-electron chi connectivity index (χ1n) is 9.24. The van der Waals surface area contributed by atoms with Gasteiger partial charge in [0.15, 0.2) is 0 Å². The van der Waals surface area contributed by atoms with Crippen molar-refractivity contribution >= 4 is 15.6 Å². The van der Waals surface area contributed by atoms with E-state index in [1.165, 1.54) is 31.2 Å². The average Bonchev–Trinajstić information content (AvgIpc) is 3.15. The van der Waals surface area contributed by atoms with Gasteiger partial charge in [0.2, 0.25) is 10.0 Å². The highest BCUT2D eigenvalue weighted by molar-refractivity contribution is 7.89. The molecule has 0 radical (unpaired) electrons. The SMILES string of the molecule is Cc1ccc(/C(=C/C2CCCC2)c2ccc(S(=O)(=O)N(C)C)cc2)[nH]c1=O. The van der Waals surface area contributed by atoms with Crippen LogP contribution >= 0.6 is 0 Å². The van der Waals surface area contributed by atoms with E-state index in [0.717, 1.165) is 29.7 Å². The molecule has 1 aliphatic carbocycles. The summed E-state index contributed by atoms with van der Waals surface area (Å²) in [4.78, 5) is 15.3. The van der Waals surface area contributed by atoms with E-state index < -0.39 is 10.0 Å². The van der Waals surface area contributed by atoms with Crippen LogP contribution in [-0.4, -0.2) is 31.8 Å². The Bertz CT molecular complexity index is 996. The lowest BCUT2D eigenvalue weighted by atomic mass is 9.96. The number of allylic oxidation sites excluding steroid dienone is 1. The van der Waals surface area contributed by atoms with Gasteiger partial charge < -0.3 is 4.98 Å². The standard InChI is InChI=1S/C21H26N2O3S/c1-15-8-13-20(22-21(15)24)19(14-16-6-4-5-7-16)17-9-11-18(12-10-17)27(25,26)23(2)3/h8-14,16H,4-7H2,1-3H3,(H,22,24)/b19-14+. The van der Waals surface area contributed by atoms with Gasteiger partial charge in [-0.1, -0.05) is 37.1 Å². The van der Waals surface area contributed by atoms with Crippen molar-refractivity contribution in [3.8, 4) is 0 Å². The third-order valence-corrected chi connectivity index (χ3v) is 6.97. The molecule has 0 spiro atoms. The number of H-pyrrole nitrogens is 1. The molecule has 1 saturated carbocycles. The number of aryl methyl sites for hydroxylation is 1. The lowest BCUT2D eigenvalue weighted by molar-refractivity contribution is 0.521. The van der Waals surface area contributed by atoms with E-state index in [1.807, 2.05) is 24.3 Å². The molecule has 6 heteroatoms. The summed E-state index contributed by atoms with van der Waals surface area (Å²) >= 11 is 0. The molecule has 27 heavy (non-hydrogen) atoms. The number of hydrogen-bond donors (Lipinski definition) is 1. The Morgan fingerprint density at radius 3 is 2.26 bits per heavy atom. The number of rotatable bonds is 5. The summed E-state index contributed by atoms with van der Waals surface area (Å²) in [7, 11) is -0.424. The van der Waals surface area contributed by atoms with E-state index in [2.05, 4.69) is 11.1 Å². The Balaban J connectivity index is 2.05. The number of pyridine rings is 1. The molecule has 0 atom stereocenters. The van der Waals surface area contributed by atoms with Crippen molar-refractivity contribution < 1.29 is 8.42 Å². The minimum absolute atomic E-state index is 0.100. The highest BCUT2D eigenvalue weighted by Gasteiger charge is 2.19. The first-order chi connectivity index (χ1) is 12.8. The number of aromatic amines is 1. The maximum Gasteiger partial charge on any atom is 0.251 e. The first-order valence-corrected chi connectivity index (χ1v) is 10.7. The van der Waals surface area contributed by atoms with Crippen LogP contribution in [0.15, 0.2) is 52.2 Å². The Labute approximate surface area is 160 Å². The smallest absolute Gasteiger partial charge is 0.251 e. The summed E-state index contributed by atoms with van der Waals surface area (Å²) in [5.41, 5.74) is 3.19. The number of hydrogen-bond acceptors (Lipinski definition) is 3. The van der Waals surface area contributed by atoms with Crippen molar-refractivity contribution in [2.24, 2.45) is 5.92 Å². The molecule has 1 aromatic heterocycles. The zero-order valence-corrected chi connectivity index (χ0v) is 16.8. The summed E-state index contributed by atoms with van der Waals surface area (Å²) in [6.45, 7) is 1.78. The van der Waals surface area contributed by atoms with Crippen molar-refractivity contribution in [1.82, 2.24) is 9.29 Å². The molecule has 1 aromatic carbocycles. The van der Waals surface area contributed by atoms with Crippen LogP contribution in [0.3, 0.4) is 0 Å². The molecule has 1 N–H and O–H groups in total. The van der Waals surface area contributed by atoms with Crippen molar-refractivity contribution in [3.05, 3.63) is 69.6 Å². The van der Waals surface area contributed by atoms with Gasteiger partial charge in [0.25, 0.3) is 5.56 Å². The summed E-state index contributed by atoms with van der Waals surface area (Å²) in [6, 6.07) is 10.6. The Morgan fingerprint density at radius 2 is 1.70 bits per heavy atom. The Hall–Kier alpha value is -2.18. The van der Waals surface area contributed by atoms with Crippen LogP contribution in [0.5, 0.6) is 0 Å². The molecule has 1 aliphatic rings. The highest BCUT2D eigenvalue weighted by atomic mass is 32.2. The van der Waals surface area contributed by atoms with Gasteiger partial charge in [0, 0.05) is 30.9 Å². The van der Waals surface area contributed by atoms with Gasteiger partial charge in [-0.3, -0.25) is 4.79 Å². The fourth-order valence-electron chi connectivity index (χ4n) is 3.42. The normalized spacial score (nSPS) is 16.2. The van der Waals surface area contributed by atoms with Gasteiger partial charge in [-0.25, -0.2) is 12.7 Å². The largest absolute Gasteiger partial charge is 0.322 e. The number of aromatic nitrogens is 1. The van der Waals surface area contributed by atoms with Crippen molar-refractivity contribution in [2.75, 3.05) is 14.1 Å². The van der Waals surface area contributed by atoms with E-state index in [-0.39, 0.29) is 10.5 Å². The predicted molar refractivity (Wildman–Crippen MR) is 108 cm³/mol. The van der Waals surface area contributed by atoms with Crippen LogP contribution in [0, 0.1) is 12.8 Å². The molecule has 1 heterocycles. The molecule has 2 aromatic rings. The van der Waals surface area contributed by atoms with Crippen molar-refractivity contribution in [2.45, 2.75) is 37.5 Å². The minimum atomic E-state index is -3.46. The summed E-state index contributed by atoms with van der Waals surface area (Å²) in [5, 5.41) is 0. The van der Waals surface area contributed by atoms with Gasteiger partial charge in [0.1, 0.15) is 0 Å². The zero-order valence-electron chi connectivity index (χ0n) is 16.0. The van der Waals surface area contributed by atoms with Gasteiger partial charge in [-0.05, 0) is 49.4 Å². The van der Waals surface area contributed by atoms with E-state index in [1.54, 1.807) is 19.1 Å². The molecular formula is C21H26N2O3S. The molecule has 0 aliphatic heterocycles. The molecule has 0 bridgehead atoms. The minimum Gasteiger partial charge on any atom is -0.322 e. The number of sulfonamides is 1. The monoisotopic (exact) mass is 386 g/mol. The van der Waals surface area contributed by atoms with Crippen LogP contribution < -0.4 is 5.56 Å². The second kappa shape index (κ2) is 7.82. The van der Waals surface area contributed by atoms with Gasteiger partial charge in [-0.2, -0.15) is 0 Å². The van der Waals surface area contributed by atoms with Crippen molar-refractivity contribution in [3.63, 3.8) is 0 Å². The molecule has 0 amide bonds. The molecule has 1 fully saturated rings. The zero-order chi connectivity index (χ0) is 19.6. The fraction of sp³-hybridized carbons (Fsp3) is 0.381. The lowest BCUT2D eigenvalue weighted by Gasteiger charge is -2.14. The van der Waals surface area contributed by atoms with Gasteiger partial charge in [-0.15, -0.1) is 0 Å². The van der Waals surface area contributed by atoms with E-state index >= 15 is 0 Å². The molecule has 3 rings (SSSR count). The maximum atomic E-state index is 12.3. The summed E-state index contributed by atoms with van der Waals surface area (Å²) in [6.07, 6.45) is 6.96. The van der Waals surface area contributed by atoms with Crippen LogP contribution in [0.25, 0.3) is 5.57 Å². The number of nitrogens with one attached hydrogen (secondary N) is 1. The summed E-state index contributed by atoms with van der Waals surface area (Å²) < 4.78 is 25.8. The van der Waals surface area contributed by atoms with Gasteiger partial charge >= 0.3 is 0 Å². The number of benzene rings is 1. The third kappa shape index (κ3) is 4.22. The first kappa shape index (κ1) is 19.6. The van der Waals surface area contributed by atoms with Gasteiger partial charge in [0.05, 0.1) is 4.90 Å². The molecule has 0 saturated heterocycles. The fourth-order valence-corrected chi connectivity index (χ4v) is 4.32. The quantitative estimate of drug-likeness (QED) is 0.854. The van der Waals surface area contributed by atoms with Crippen LogP contribution in [0.1, 0.15) is 42.5 Å². The lowest BCUT2D eigenvalue weighted by Crippen LogP contribution is -2.22. The molecule has 5 nitrogen and oxygen atoms in total. The molecular weight excluding hydrogens is 360 g/mol. The second-order valence-electron chi connectivity index (χ2n) is 7.32. The van der Waals surface area contributed by atoms with E-state index in [0.29, 0.717) is 11.5 Å². The number of nitrogens with zero attached hydrogens (tertiary/aromatic N) is 1. The highest BCUT2D eigenvalue weighted by Crippen LogP contribution is 2.31. The van der Waals surface area contributed by atoms with Crippen LogP contribution in [-0.2, 0) is 10.0 Å². The maximum absolute atomic E-state index is 12.3. The van der Waals surface area contributed by atoms with E-state index in [9.17, 15) is 13.2 Å². The Morgan fingerprint density at radius 1 is 1.07 bits per heavy atom.